The van der Waals surface area contributed by atoms with Gasteiger partial charge in [-0.2, -0.15) is 0 Å². The Hall–Kier alpha value is -3.80. The van der Waals surface area contributed by atoms with Gasteiger partial charge in [-0.25, -0.2) is 0 Å². The zero-order valence-corrected chi connectivity index (χ0v) is 15.0. The van der Waals surface area contributed by atoms with E-state index in [0.717, 1.165) is 11.1 Å². The van der Waals surface area contributed by atoms with E-state index >= 15 is 0 Å². The number of nitrogens with zero attached hydrogens (tertiary/aromatic N) is 2. The summed E-state index contributed by atoms with van der Waals surface area (Å²) < 4.78 is 0. The van der Waals surface area contributed by atoms with Crippen molar-refractivity contribution in [2.24, 2.45) is 0 Å². The van der Waals surface area contributed by atoms with Crippen molar-refractivity contribution >= 4 is 17.7 Å². The van der Waals surface area contributed by atoms with Crippen LogP contribution >= 0.6 is 0 Å². The molecule has 4 rings (SSSR count). The van der Waals surface area contributed by atoms with Gasteiger partial charge in [0.05, 0.1) is 17.7 Å². The Bertz CT molecular complexity index is 1050. The van der Waals surface area contributed by atoms with E-state index in [1.165, 1.54) is 11.0 Å². The van der Waals surface area contributed by atoms with E-state index < -0.39 is 0 Å². The molecule has 28 heavy (non-hydrogen) atoms. The van der Waals surface area contributed by atoms with Crippen LogP contribution in [0.25, 0.3) is 0 Å². The highest BCUT2D eigenvalue weighted by Crippen LogP contribution is 2.25. The minimum absolute atomic E-state index is 0.205. The molecule has 3 amide bonds. The average Bonchev–Trinajstić information content (AvgIpc) is 2.98. The third-order valence-electron chi connectivity index (χ3n) is 4.62. The summed E-state index contributed by atoms with van der Waals surface area (Å²) in [4.78, 5) is 42.9. The smallest absolute Gasteiger partial charge is 0.261 e. The molecule has 0 atom stereocenters. The number of carbonyl (C=O) groups excluding carboxylic acids is 3. The second kappa shape index (κ2) is 7.44. The van der Waals surface area contributed by atoms with Crippen LogP contribution in [0.2, 0.25) is 0 Å². The van der Waals surface area contributed by atoms with Gasteiger partial charge in [0.15, 0.2) is 0 Å². The normalized spacial score (nSPS) is 12.8. The lowest BCUT2D eigenvalue weighted by molar-refractivity contribution is 0.0642. The number of hydrogen-bond donors (Lipinski definition) is 1. The average molecular weight is 371 g/mol. The molecule has 0 saturated heterocycles. The fraction of sp³-hybridized carbons (Fsp3) is 0.0909. The Balaban J connectivity index is 1.51. The summed E-state index contributed by atoms with van der Waals surface area (Å²) in [6.07, 6.45) is 3.31. The largest absolute Gasteiger partial charge is 0.348 e. The number of amides is 3. The summed E-state index contributed by atoms with van der Waals surface area (Å²) in [5.74, 6) is -1.03. The first kappa shape index (κ1) is 17.6. The molecule has 6 heteroatoms. The number of hydrogen-bond acceptors (Lipinski definition) is 4. The maximum atomic E-state index is 12.7. The number of pyridine rings is 1. The summed E-state index contributed by atoms with van der Waals surface area (Å²) in [5, 5.41) is 2.81. The van der Waals surface area contributed by atoms with Crippen LogP contribution in [0.5, 0.6) is 0 Å². The molecular weight excluding hydrogens is 354 g/mol. The molecule has 0 bridgehead atoms. The number of imide groups is 1. The van der Waals surface area contributed by atoms with Crippen molar-refractivity contribution in [2.45, 2.75) is 13.1 Å². The van der Waals surface area contributed by atoms with E-state index in [4.69, 9.17) is 0 Å². The van der Waals surface area contributed by atoms with Crippen molar-refractivity contribution < 1.29 is 14.4 Å². The van der Waals surface area contributed by atoms with E-state index in [1.54, 1.807) is 24.5 Å². The second-order valence-corrected chi connectivity index (χ2v) is 6.48. The minimum Gasteiger partial charge on any atom is -0.348 e. The molecule has 1 aliphatic rings. The van der Waals surface area contributed by atoms with Gasteiger partial charge >= 0.3 is 0 Å². The Labute approximate surface area is 161 Å². The Morgan fingerprint density at radius 2 is 1.57 bits per heavy atom. The zero-order valence-electron chi connectivity index (χ0n) is 15.0. The van der Waals surface area contributed by atoms with Gasteiger partial charge in [-0.15, -0.1) is 0 Å². The molecule has 0 unspecified atom stereocenters. The van der Waals surface area contributed by atoms with Gasteiger partial charge < -0.3 is 5.32 Å². The highest BCUT2D eigenvalue weighted by Gasteiger charge is 2.35. The molecule has 138 valence electrons. The van der Waals surface area contributed by atoms with Crippen molar-refractivity contribution in [1.29, 1.82) is 0 Å². The van der Waals surface area contributed by atoms with Crippen LogP contribution in [-0.4, -0.2) is 27.6 Å². The Morgan fingerprint density at radius 3 is 2.32 bits per heavy atom. The van der Waals surface area contributed by atoms with Gasteiger partial charge in [0.25, 0.3) is 17.7 Å². The molecule has 0 radical (unpaired) electrons. The first-order valence-corrected chi connectivity index (χ1v) is 8.85. The van der Waals surface area contributed by atoms with Crippen molar-refractivity contribution in [3.63, 3.8) is 0 Å². The number of aromatic nitrogens is 1. The summed E-state index contributed by atoms with van der Waals surface area (Å²) >= 11 is 0. The first-order chi connectivity index (χ1) is 13.6. The fourth-order valence-electron chi connectivity index (χ4n) is 3.13. The summed E-state index contributed by atoms with van der Waals surface area (Å²) in [5.41, 5.74) is 2.72. The van der Waals surface area contributed by atoms with Gasteiger partial charge in [0.2, 0.25) is 0 Å². The maximum Gasteiger partial charge on any atom is 0.261 e. The number of fused-ring (bicyclic) bond motifs is 1. The van der Waals surface area contributed by atoms with E-state index in [-0.39, 0.29) is 29.8 Å². The molecule has 6 nitrogen and oxygen atoms in total. The van der Waals surface area contributed by atoms with E-state index in [0.29, 0.717) is 17.7 Å². The molecular formula is C22H17N3O3. The predicted molar refractivity (Wildman–Crippen MR) is 102 cm³/mol. The third-order valence-corrected chi connectivity index (χ3v) is 4.62. The van der Waals surface area contributed by atoms with Crippen LogP contribution < -0.4 is 5.32 Å². The Kier molecular flexibility index (Phi) is 4.68. The predicted octanol–water partition coefficient (Wildman–Crippen LogP) is 2.81. The Morgan fingerprint density at radius 1 is 0.857 bits per heavy atom. The molecule has 0 saturated carbocycles. The topological polar surface area (TPSA) is 79.4 Å². The fourth-order valence-corrected chi connectivity index (χ4v) is 3.13. The van der Waals surface area contributed by atoms with Gasteiger partial charge in [0, 0.05) is 24.5 Å². The maximum absolute atomic E-state index is 12.7. The molecule has 1 N–H and O–H groups in total. The lowest BCUT2D eigenvalue weighted by Gasteiger charge is -2.13. The SMILES string of the molecule is O=C(NCc1ccncc1)c1ccc2c(c1)C(=O)N(Cc1ccccc1)C2=O. The van der Waals surface area contributed by atoms with Crippen molar-refractivity contribution in [2.75, 3.05) is 0 Å². The number of nitrogens with one attached hydrogen (secondary N) is 1. The van der Waals surface area contributed by atoms with E-state index in [2.05, 4.69) is 10.3 Å². The molecule has 1 aliphatic heterocycles. The molecule has 2 aromatic carbocycles. The molecule has 2 heterocycles. The lowest BCUT2D eigenvalue weighted by Crippen LogP contribution is -2.29. The number of benzene rings is 2. The third kappa shape index (κ3) is 3.40. The van der Waals surface area contributed by atoms with Gasteiger partial charge in [-0.1, -0.05) is 30.3 Å². The molecule has 1 aromatic heterocycles. The first-order valence-electron chi connectivity index (χ1n) is 8.85. The van der Waals surface area contributed by atoms with Crippen LogP contribution in [0.4, 0.5) is 0 Å². The van der Waals surface area contributed by atoms with E-state index in [1.807, 2.05) is 42.5 Å². The van der Waals surface area contributed by atoms with E-state index in [9.17, 15) is 14.4 Å². The summed E-state index contributed by atoms with van der Waals surface area (Å²) in [7, 11) is 0. The molecule has 0 fully saturated rings. The standard InChI is InChI=1S/C22H17N3O3/c26-20(24-13-15-8-10-23-11-9-15)17-6-7-18-19(12-17)22(28)25(21(18)27)14-16-4-2-1-3-5-16/h1-12H,13-14H2,(H,24,26). The summed E-state index contributed by atoms with van der Waals surface area (Å²) in [6.45, 7) is 0.558. The molecule has 3 aromatic rings. The summed E-state index contributed by atoms with van der Waals surface area (Å²) in [6, 6.07) is 17.5. The van der Waals surface area contributed by atoms with Crippen LogP contribution in [0.1, 0.15) is 42.2 Å². The van der Waals surface area contributed by atoms with Crippen LogP contribution in [-0.2, 0) is 13.1 Å². The second-order valence-electron chi connectivity index (χ2n) is 6.48. The monoisotopic (exact) mass is 371 g/mol. The van der Waals surface area contributed by atoms with Crippen molar-refractivity contribution in [3.05, 3.63) is 101 Å². The highest BCUT2D eigenvalue weighted by atomic mass is 16.2. The van der Waals surface area contributed by atoms with Crippen LogP contribution in [0.15, 0.2) is 73.1 Å². The quantitative estimate of drug-likeness (QED) is 0.700. The highest BCUT2D eigenvalue weighted by molar-refractivity contribution is 6.22. The van der Waals surface area contributed by atoms with Gasteiger partial charge in [-0.05, 0) is 41.5 Å². The van der Waals surface area contributed by atoms with Crippen LogP contribution in [0, 0.1) is 0 Å². The van der Waals surface area contributed by atoms with Gasteiger partial charge in [-0.3, -0.25) is 24.3 Å². The van der Waals surface area contributed by atoms with Gasteiger partial charge in [0.1, 0.15) is 0 Å². The number of rotatable bonds is 5. The molecule has 0 spiro atoms. The van der Waals surface area contributed by atoms with Crippen molar-refractivity contribution in [3.8, 4) is 0 Å². The molecule has 0 aliphatic carbocycles. The lowest BCUT2D eigenvalue weighted by atomic mass is 10.1. The minimum atomic E-state index is -0.382. The van der Waals surface area contributed by atoms with Crippen molar-refractivity contribution in [1.82, 2.24) is 15.2 Å². The zero-order chi connectivity index (χ0) is 19.5. The van der Waals surface area contributed by atoms with Crippen LogP contribution in [0.3, 0.4) is 0 Å². The number of carbonyl (C=O) groups is 3.